The van der Waals surface area contributed by atoms with Gasteiger partial charge in [-0.15, -0.1) is 0 Å². The van der Waals surface area contributed by atoms with Gasteiger partial charge in [-0.2, -0.15) is 0 Å². The molecule has 1 aromatic heterocycles. The van der Waals surface area contributed by atoms with Crippen LogP contribution in [0.4, 0.5) is 0 Å². The number of aromatic carboxylic acids is 1. The van der Waals surface area contributed by atoms with Gasteiger partial charge in [0.15, 0.2) is 0 Å². The van der Waals surface area contributed by atoms with Crippen molar-refractivity contribution < 1.29 is 9.90 Å². The quantitative estimate of drug-likeness (QED) is 0.760. The molecule has 4 nitrogen and oxygen atoms in total. The maximum atomic E-state index is 12.0. The molecule has 0 atom stereocenters. The van der Waals surface area contributed by atoms with E-state index >= 15 is 0 Å². The van der Waals surface area contributed by atoms with Gasteiger partial charge in [0.2, 0.25) is 0 Å². The zero-order chi connectivity index (χ0) is 15.0. The minimum atomic E-state index is -1.19. The summed E-state index contributed by atoms with van der Waals surface area (Å²) in [6.45, 7) is 0. The highest BCUT2D eigenvalue weighted by atomic mass is 35.5. The molecule has 0 saturated heterocycles. The number of hydrogen-bond donors (Lipinski definition) is 2. The molecular weight excluding hydrogens is 290 g/mol. The Labute approximate surface area is 124 Å². The van der Waals surface area contributed by atoms with Crippen molar-refractivity contribution in [3.8, 4) is 11.1 Å². The number of H-pyrrole nitrogens is 1. The van der Waals surface area contributed by atoms with Crippen molar-refractivity contribution in [2.45, 2.75) is 0 Å². The number of carboxylic acid groups (broad SMARTS) is 1. The van der Waals surface area contributed by atoms with Crippen molar-refractivity contribution in [2.75, 3.05) is 0 Å². The van der Waals surface area contributed by atoms with Crippen molar-refractivity contribution >= 4 is 28.3 Å². The second-order valence-corrected chi connectivity index (χ2v) is 5.00. The number of rotatable bonds is 2. The summed E-state index contributed by atoms with van der Waals surface area (Å²) in [5.41, 5.74) is 0.582. The third-order valence-corrected chi connectivity index (χ3v) is 3.50. The van der Waals surface area contributed by atoms with Gasteiger partial charge < -0.3 is 10.1 Å². The van der Waals surface area contributed by atoms with Crippen LogP contribution in [0.5, 0.6) is 0 Å². The van der Waals surface area contributed by atoms with Crippen LogP contribution >= 0.6 is 11.6 Å². The number of nitrogens with one attached hydrogen (secondary N) is 1. The van der Waals surface area contributed by atoms with Crippen LogP contribution in [0.25, 0.3) is 21.9 Å². The zero-order valence-corrected chi connectivity index (χ0v) is 11.5. The molecule has 0 amide bonds. The summed E-state index contributed by atoms with van der Waals surface area (Å²) in [5, 5.41) is 10.8. The number of halogens is 1. The smallest absolute Gasteiger partial charge is 0.353 e. The van der Waals surface area contributed by atoms with E-state index in [1.54, 1.807) is 30.3 Å². The molecule has 0 aliphatic carbocycles. The Bertz CT molecular complexity index is 901. The second kappa shape index (κ2) is 5.07. The first-order valence-corrected chi connectivity index (χ1v) is 6.60. The number of aromatic amines is 1. The molecular formula is C16H10ClNO3. The third-order valence-electron chi connectivity index (χ3n) is 3.26. The lowest BCUT2D eigenvalue weighted by molar-refractivity contribution is 0.0691. The van der Waals surface area contributed by atoms with Crippen molar-refractivity contribution in [3.05, 3.63) is 69.6 Å². The van der Waals surface area contributed by atoms with Crippen molar-refractivity contribution in [3.63, 3.8) is 0 Å². The van der Waals surface area contributed by atoms with E-state index in [2.05, 4.69) is 4.98 Å². The van der Waals surface area contributed by atoms with Crippen LogP contribution in [0, 0.1) is 0 Å². The Morgan fingerprint density at radius 2 is 1.76 bits per heavy atom. The maximum Gasteiger partial charge on any atom is 0.353 e. The molecule has 0 spiro atoms. The molecule has 2 N–H and O–H groups in total. The lowest BCUT2D eigenvalue weighted by Crippen LogP contribution is -2.15. The Morgan fingerprint density at radius 3 is 2.43 bits per heavy atom. The first-order chi connectivity index (χ1) is 10.1. The third kappa shape index (κ3) is 2.30. The summed E-state index contributed by atoms with van der Waals surface area (Å²) < 4.78 is 0. The van der Waals surface area contributed by atoms with Crippen LogP contribution in [-0.2, 0) is 0 Å². The number of carbonyl (C=O) groups is 1. The fourth-order valence-corrected chi connectivity index (χ4v) is 2.54. The van der Waals surface area contributed by atoms with Gasteiger partial charge in [0.25, 0.3) is 5.56 Å². The van der Waals surface area contributed by atoms with E-state index in [-0.39, 0.29) is 5.69 Å². The van der Waals surface area contributed by atoms with Gasteiger partial charge in [0.1, 0.15) is 5.69 Å². The Hall–Kier alpha value is -2.59. The minimum Gasteiger partial charge on any atom is -0.477 e. The van der Waals surface area contributed by atoms with Gasteiger partial charge in [-0.05, 0) is 29.1 Å². The monoisotopic (exact) mass is 299 g/mol. The van der Waals surface area contributed by atoms with Crippen LogP contribution in [-0.4, -0.2) is 16.1 Å². The maximum absolute atomic E-state index is 12.0. The summed E-state index contributed by atoms with van der Waals surface area (Å²) in [5.74, 6) is -1.19. The zero-order valence-electron chi connectivity index (χ0n) is 10.8. The van der Waals surface area contributed by atoms with E-state index in [0.717, 1.165) is 0 Å². The normalized spacial score (nSPS) is 10.7. The number of hydrogen-bond acceptors (Lipinski definition) is 2. The number of fused-ring (bicyclic) bond motifs is 1. The first-order valence-electron chi connectivity index (χ1n) is 6.22. The predicted molar refractivity (Wildman–Crippen MR) is 82.0 cm³/mol. The molecule has 0 unspecified atom stereocenters. The van der Waals surface area contributed by atoms with Crippen LogP contribution in [0.15, 0.2) is 53.3 Å². The molecule has 1 heterocycles. The molecule has 3 rings (SSSR count). The van der Waals surface area contributed by atoms with E-state index in [9.17, 15) is 14.7 Å². The minimum absolute atomic E-state index is 0.138. The summed E-state index contributed by atoms with van der Waals surface area (Å²) in [6.07, 6.45) is 0. The van der Waals surface area contributed by atoms with E-state index in [1.807, 2.05) is 18.2 Å². The van der Waals surface area contributed by atoms with Crippen LogP contribution < -0.4 is 5.56 Å². The van der Waals surface area contributed by atoms with E-state index in [0.29, 0.717) is 26.9 Å². The lowest BCUT2D eigenvalue weighted by atomic mass is 9.97. The van der Waals surface area contributed by atoms with Crippen molar-refractivity contribution in [1.29, 1.82) is 0 Å². The van der Waals surface area contributed by atoms with Gasteiger partial charge >= 0.3 is 5.97 Å². The molecule has 0 fully saturated rings. The summed E-state index contributed by atoms with van der Waals surface area (Å²) in [6, 6.07) is 13.8. The fraction of sp³-hybridized carbons (Fsp3) is 0. The number of carboxylic acids is 1. The lowest BCUT2D eigenvalue weighted by Gasteiger charge is -2.10. The molecule has 0 radical (unpaired) electrons. The topological polar surface area (TPSA) is 70.2 Å². The number of pyridine rings is 1. The fourth-order valence-electron chi connectivity index (χ4n) is 2.36. The summed E-state index contributed by atoms with van der Waals surface area (Å²) >= 11 is 6.00. The first kappa shape index (κ1) is 13.4. The van der Waals surface area contributed by atoms with Gasteiger partial charge in [-0.25, -0.2) is 4.79 Å². The molecule has 0 bridgehead atoms. The van der Waals surface area contributed by atoms with Gasteiger partial charge in [-0.1, -0.05) is 41.9 Å². The molecule has 104 valence electrons. The average molecular weight is 300 g/mol. The van der Waals surface area contributed by atoms with Gasteiger partial charge in [0.05, 0.1) is 0 Å². The van der Waals surface area contributed by atoms with E-state index in [4.69, 9.17) is 11.6 Å². The number of benzene rings is 2. The van der Waals surface area contributed by atoms with Crippen molar-refractivity contribution in [2.24, 2.45) is 0 Å². The Morgan fingerprint density at radius 1 is 1.05 bits per heavy atom. The van der Waals surface area contributed by atoms with Crippen LogP contribution in [0.1, 0.15) is 10.5 Å². The molecule has 21 heavy (non-hydrogen) atoms. The van der Waals surface area contributed by atoms with Gasteiger partial charge in [-0.3, -0.25) is 4.79 Å². The van der Waals surface area contributed by atoms with Crippen molar-refractivity contribution in [1.82, 2.24) is 4.98 Å². The molecule has 2 aromatic carbocycles. The summed E-state index contributed by atoms with van der Waals surface area (Å²) in [7, 11) is 0. The van der Waals surface area contributed by atoms with E-state index in [1.165, 1.54) is 0 Å². The van der Waals surface area contributed by atoms with Crippen LogP contribution in [0.3, 0.4) is 0 Å². The summed E-state index contributed by atoms with van der Waals surface area (Å²) in [4.78, 5) is 25.9. The molecule has 5 heteroatoms. The Kier molecular flexibility index (Phi) is 3.23. The largest absolute Gasteiger partial charge is 0.477 e. The predicted octanol–water partition coefficient (Wildman–Crippen LogP) is 3.55. The molecule has 0 aliphatic heterocycles. The standard InChI is InChI=1S/C16H10ClNO3/c17-10-6-7-11-12(8-10)13(9-4-2-1-3-5-9)14(16(20)21)18-15(11)19/h1-8H,(H,18,19)(H,20,21). The highest BCUT2D eigenvalue weighted by Gasteiger charge is 2.18. The van der Waals surface area contributed by atoms with Gasteiger partial charge in [0, 0.05) is 16.0 Å². The average Bonchev–Trinajstić information content (AvgIpc) is 2.47. The SMILES string of the molecule is O=C(O)c1[nH]c(=O)c2ccc(Cl)cc2c1-c1ccccc1. The molecule has 0 saturated carbocycles. The Balaban J connectivity index is 2.52. The highest BCUT2D eigenvalue weighted by molar-refractivity contribution is 6.31. The second-order valence-electron chi connectivity index (χ2n) is 4.57. The van der Waals surface area contributed by atoms with Crippen LogP contribution in [0.2, 0.25) is 5.02 Å². The molecule has 3 aromatic rings. The number of aromatic nitrogens is 1. The molecule has 0 aliphatic rings. The highest BCUT2D eigenvalue weighted by Crippen LogP contribution is 2.31. The van der Waals surface area contributed by atoms with E-state index < -0.39 is 11.5 Å².